The van der Waals surface area contributed by atoms with Gasteiger partial charge in [-0.3, -0.25) is 4.79 Å². The van der Waals surface area contributed by atoms with Gasteiger partial charge in [0.15, 0.2) is 0 Å². The molecule has 10 heteroatoms. The second-order valence-corrected chi connectivity index (χ2v) is 8.26. The van der Waals surface area contributed by atoms with Crippen LogP contribution in [0.25, 0.3) is 0 Å². The monoisotopic (exact) mass is 357 g/mol. The van der Waals surface area contributed by atoms with Gasteiger partial charge in [0.25, 0.3) is 10.0 Å². The molecule has 2 atom stereocenters. The van der Waals surface area contributed by atoms with Crippen LogP contribution in [0.15, 0.2) is 16.3 Å². The lowest BCUT2D eigenvalue weighted by atomic mass is 9.92. The molecule has 1 aromatic heterocycles. The largest absolute Gasteiger partial charge is 0.481 e. The molecule has 0 bridgehead atoms. The highest BCUT2D eigenvalue weighted by molar-refractivity contribution is 7.91. The average Bonchev–Trinajstić information content (AvgIpc) is 2.88. The van der Waals surface area contributed by atoms with Crippen LogP contribution in [0.5, 0.6) is 0 Å². The fourth-order valence-corrected chi connectivity index (χ4v) is 5.52. The zero-order chi connectivity index (χ0) is 16.7. The van der Waals surface area contributed by atoms with Gasteiger partial charge in [0.05, 0.1) is 5.92 Å². The van der Waals surface area contributed by atoms with Gasteiger partial charge in [0.1, 0.15) is 9.09 Å². The number of rotatable bonds is 3. The lowest BCUT2D eigenvalue weighted by molar-refractivity contribution is -0.144. The summed E-state index contributed by atoms with van der Waals surface area (Å²) in [6, 6.07) is 0.841. The number of hydrogen-bond acceptors (Lipinski definition) is 4. The van der Waals surface area contributed by atoms with Gasteiger partial charge in [0.2, 0.25) is 0 Å². The van der Waals surface area contributed by atoms with Crippen LogP contribution in [0.3, 0.4) is 0 Å². The molecule has 1 fully saturated rings. The molecular weight excluding hydrogens is 343 g/mol. The van der Waals surface area contributed by atoms with Crippen molar-refractivity contribution in [2.24, 2.45) is 5.92 Å². The summed E-state index contributed by atoms with van der Waals surface area (Å²) in [6.07, 6.45) is -3.89. The number of alkyl halides is 3. The molecule has 22 heavy (non-hydrogen) atoms. The maximum Gasteiger partial charge on any atom is 0.425 e. The van der Waals surface area contributed by atoms with E-state index in [-0.39, 0.29) is 17.9 Å². The number of sulfonamides is 1. The molecule has 0 radical (unpaired) electrons. The molecule has 1 aliphatic heterocycles. The van der Waals surface area contributed by atoms with Crippen molar-refractivity contribution in [3.05, 3.63) is 17.0 Å². The average molecular weight is 357 g/mol. The Bertz CT molecular complexity index is 668. The smallest absolute Gasteiger partial charge is 0.425 e. The summed E-state index contributed by atoms with van der Waals surface area (Å²) < 4.78 is 63.3. The number of halogens is 3. The standard InChI is InChI=1S/C12H14F3NO4S2/c1-7-8(11(17)18)3-2-6-16(7)22(19,20)10-5-4-9(21-10)12(13,14)15/h4-5,7-8H,2-3,6H2,1H3,(H,17,18)/t7-,8-/m1/s1. The van der Waals surface area contributed by atoms with E-state index in [1.54, 1.807) is 0 Å². The quantitative estimate of drug-likeness (QED) is 0.902. The number of hydrogen-bond donors (Lipinski definition) is 1. The Morgan fingerprint density at radius 1 is 1.41 bits per heavy atom. The zero-order valence-corrected chi connectivity index (χ0v) is 13.1. The maximum atomic E-state index is 12.6. The number of nitrogens with zero attached hydrogens (tertiary/aromatic N) is 1. The van der Waals surface area contributed by atoms with Crippen LogP contribution in [-0.2, 0) is 21.0 Å². The lowest BCUT2D eigenvalue weighted by Gasteiger charge is -2.35. The molecule has 1 aliphatic rings. The second-order valence-electron chi connectivity index (χ2n) is 5.06. The summed E-state index contributed by atoms with van der Waals surface area (Å²) in [5.74, 6) is -1.96. The predicted octanol–water partition coefficient (Wildman–Crippen LogP) is 2.64. The minimum atomic E-state index is -4.60. The SMILES string of the molecule is C[C@@H]1[C@H](C(=O)O)CCCN1S(=O)(=O)c1ccc(C(F)(F)F)s1. The molecule has 1 N–H and O–H groups in total. The molecule has 0 saturated carbocycles. The number of thiophene rings is 1. The number of piperidine rings is 1. The first-order chi connectivity index (χ1) is 10.0. The normalized spacial score (nSPS) is 24.4. The first-order valence-corrected chi connectivity index (χ1v) is 8.72. The summed E-state index contributed by atoms with van der Waals surface area (Å²) in [5, 5.41) is 9.11. The summed E-state index contributed by atoms with van der Waals surface area (Å²) in [6.45, 7) is 1.57. The molecule has 1 aromatic rings. The van der Waals surface area contributed by atoms with Crippen LogP contribution >= 0.6 is 11.3 Å². The van der Waals surface area contributed by atoms with Crippen LogP contribution in [0.1, 0.15) is 24.6 Å². The summed E-state index contributed by atoms with van der Waals surface area (Å²) in [7, 11) is -4.13. The van der Waals surface area contributed by atoms with Crippen molar-refractivity contribution >= 4 is 27.3 Å². The van der Waals surface area contributed by atoms with E-state index >= 15 is 0 Å². The van der Waals surface area contributed by atoms with Gasteiger partial charge in [-0.25, -0.2) is 8.42 Å². The van der Waals surface area contributed by atoms with Crippen molar-refractivity contribution in [2.75, 3.05) is 6.54 Å². The molecule has 0 unspecified atom stereocenters. The lowest BCUT2D eigenvalue weighted by Crippen LogP contribution is -2.48. The molecule has 1 saturated heterocycles. The number of carbonyl (C=O) groups is 1. The van der Waals surface area contributed by atoms with Crippen LogP contribution in [0.2, 0.25) is 0 Å². The fraction of sp³-hybridized carbons (Fsp3) is 0.583. The van der Waals surface area contributed by atoms with Crippen LogP contribution in [0.4, 0.5) is 13.2 Å². The first kappa shape index (κ1) is 17.2. The van der Waals surface area contributed by atoms with Gasteiger partial charge in [-0.2, -0.15) is 17.5 Å². The van der Waals surface area contributed by atoms with Crippen molar-refractivity contribution < 1.29 is 31.5 Å². The molecule has 0 spiro atoms. The van der Waals surface area contributed by atoms with Crippen LogP contribution in [0, 0.1) is 5.92 Å². The predicted molar refractivity (Wildman–Crippen MR) is 73.0 cm³/mol. The molecule has 0 aliphatic carbocycles. The van der Waals surface area contributed by atoms with Gasteiger partial charge in [-0.1, -0.05) is 0 Å². The van der Waals surface area contributed by atoms with Crippen molar-refractivity contribution in [1.82, 2.24) is 4.31 Å². The van der Waals surface area contributed by atoms with E-state index in [1.165, 1.54) is 6.92 Å². The minimum absolute atomic E-state index is 0.104. The van der Waals surface area contributed by atoms with Gasteiger partial charge in [-0.05, 0) is 31.9 Å². The fourth-order valence-electron chi connectivity index (χ4n) is 2.51. The van der Waals surface area contributed by atoms with Gasteiger partial charge in [-0.15, -0.1) is 11.3 Å². The molecule has 124 valence electrons. The van der Waals surface area contributed by atoms with E-state index in [1.807, 2.05) is 0 Å². The van der Waals surface area contributed by atoms with E-state index in [2.05, 4.69) is 0 Å². The van der Waals surface area contributed by atoms with Crippen molar-refractivity contribution in [2.45, 2.75) is 36.2 Å². The molecule has 2 heterocycles. The Morgan fingerprint density at radius 3 is 2.55 bits per heavy atom. The summed E-state index contributed by atoms with van der Waals surface area (Å²) >= 11 is 0.150. The number of carboxylic acid groups (broad SMARTS) is 1. The summed E-state index contributed by atoms with van der Waals surface area (Å²) in [4.78, 5) is 10.1. The zero-order valence-electron chi connectivity index (χ0n) is 11.5. The topological polar surface area (TPSA) is 74.7 Å². The van der Waals surface area contributed by atoms with Crippen molar-refractivity contribution in [1.29, 1.82) is 0 Å². The third-order valence-electron chi connectivity index (χ3n) is 3.67. The van der Waals surface area contributed by atoms with E-state index in [0.29, 0.717) is 12.8 Å². The summed E-state index contributed by atoms with van der Waals surface area (Å²) in [5.41, 5.74) is 0. The Balaban J connectivity index is 2.33. The molecule has 0 aromatic carbocycles. The Kier molecular flexibility index (Phi) is 4.56. The number of aliphatic carboxylic acids is 1. The molecule has 0 amide bonds. The highest BCUT2D eigenvalue weighted by Gasteiger charge is 2.41. The first-order valence-electron chi connectivity index (χ1n) is 6.47. The van der Waals surface area contributed by atoms with Crippen molar-refractivity contribution in [3.8, 4) is 0 Å². The van der Waals surface area contributed by atoms with Gasteiger partial charge in [0, 0.05) is 12.6 Å². The minimum Gasteiger partial charge on any atom is -0.481 e. The Hall–Kier alpha value is -1.13. The van der Waals surface area contributed by atoms with Gasteiger partial charge < -0.3 is 5.11 Å². The van der Waals surface area contributed by atoms with E-state index in [9.17, 15) is 26.4 Å². The highest BCUT2D eigenvalue weighted by atomic mass is 32.2. The van der Waals surface area contributed by atoms with Crippen LogP contribution in [-0.4, -0.2) is 36.4 Å². The molecule has 5 nitrogen and oxygen atoms in total. The van der Waals surface area contributed by atoms with Crippen molar-refractivity contribution in [3.63, 3.8) is 0 Å². The maximum absolute atomic E-state index is 12.6. The third kappa shape index (κ3) is 3.13. The number of carboxylic acids is 1. The van der Waals surface area contributed by atoms with E-state index in [4.69, 9.17) is 5.11 Å². The Morgan fingerprint density at radius 2 is 2.05 bits per heavy atom. The molecular formula is C12H14F3NO4S2. The molecule has 2 rings (SSSR count). The third-order valence-corrected chi connectivity index (χ3v) is 7.25. The highest BCUT2D eigenvalue weighted by Crippen LogP contribution is 2.38. The van der Waals surface area contributed by atoms with E-state index < -0.39 is 43.2 Å². The van der Waals surface area contributed by atoms with Crippen LogP contribution < -0.4 is 0 Å². The van der Waals surface area contributed by atoms with E-state index in [0.717, 1.165) is 16.4 Å². The second kappa shape index (κ2) is 5.82. The van der Waals surface area contributed by atoms with Gasteiger partial charge >= 0.3 is 12.1 Å². The Labute approximate surface area is 129 Å².